The van der Waals surface area contributed by atoms with Gasteiger partial charge in [-0.3, -0.25) is 0 Å². The van der Waals surface area contributed by atoms with E-state index in [1.807, 2.05) is 13.8 Å². The van der Waals surface area contributed by atoms with Crippen LogP contribution in [0.5, 0.6) is 0 Å². The maximum Gasteiger partial charge on any atom is 0.444 e. The topological polar surface area (TPSA) is 77.6 Å². The van der Waals surface area contributed by atoms with E-state index in [-0.39, 0.29) is 5.65 Å². The molecule has 0 amide bonds. The molecule has 2 heterocycles. The number of aryl methyl sites for hydroxylation is 1. The van der Waals surface area contributed by atoms with Gasteiger partial charge in [-0.05, 0) is 12.8 Å². The summed E-state index contributed by atoms with van der Waals surface area (Å²) in [6.07, 6.45) is 3.94. The highest BCUT2D eigenvalue weighted by molar-refractivity contribution is 5.69. The van der Waals surface area contributed by atoms with E-state index in [1.165, 1.54) is 6.33 Å². The molecular formula is C11H16N4O2. The lowest BCUT2D eigenvalue weighted by Crippen LogP contribution is -2.51. The van der Waals surface area contributed by atoms with Crippen LogP contribution in [-0.2, 0) is 13.0 Å². The van der Waals surface area contributed by atoms with Crippen molar-refractivity contribution in [3.8, 4) is 0 Å². The van der Waals surface area contributed by atoms with Gasteiger partial charge in [-0.25, -0.2) is 14.1 Å². The standard InChI is InChI=1S/C11H16N4O2/c1-3-5-8-9-10(13-7-12-9)15(17)11(16)14(8)6-4-2/h7H,3-6H2,1-2H3,(H,12,13). The third-order valence-electron chi connectivity index (χ3n) is 2.76. The average molecular weight is 236 g/mol. The Balaban J connectivity index is 2.79. The number of hydrogen-bond acceptors (Lipinski definition) is 3. The Labute approximate surface area is 98.5 Å². The Kier molecular flexibility index (Phi) is 3.12. The molecule has 2 rings (SSSR count). The van der Waals surface area contributed by atoms with Crippen molar-refractivity contribution >= 4 is 11.2 Å². The van der Waals surface area contributed by atoms with Gasteiger partial charge in [-0.1, -0.05) is 18.8 Å². The number of hydrogen-bond donors (Lipinski definition) is 1. The monoisotopic (exact) mass is 236 g/mol. The number of nitrogens with zero attached hydrogens (tertiary/aromatic N) is 3. The van der Waals surface area contributed by atoms with E-state index in [9.17, 15) is 10.0 Å². The van der Waals surface area contributed by atoms with Gasteiger partial charge in [0, 0.05) is 6.42 Å². The molecule has 6 nitrogen and oxygen atoms in total. The molecule has 0 spiro atoms. The van der Waals surface area contributed by atoms with Crippen molar-refractivity contribution in [3.63, 3.8) is 0 Å². The number of H-pyrrole nitrogens is 1. The Morgan fingerprint density at radius 3 is 2.88 bits per heavy atom. The fourth-order valence-electron chi connectivity index (χ4n) is 2.06. The molecule has 2 aromatic heterocycles. The summed E-state index contributed by atoms with van der Waals surface area (Å²) in [7, 11) is 0. The third kappa shape index (κ3) is 1.79. The van der Waals surface area contributed by atoms with E-state index >= 15 is 0 Å². The minimum atomic E-state index is -0.532. The van der Waals surface area contributed by atoms with Crippen molar-refractivity contribution in [2.75, 3.05) is 0 Å². The number of aromatic nitrogens is 4. The van der Waals surface area contributed by atoms with Gasteiger partial charge >= 0.3 is 5.69 Å². The Morgan fingerprint density at radius 1 is 1.47 bits per heavy atom. The summed E-state index contributed by atoms with van der Waals surface area (Å²) >= 11 is 0. The van der Waals surface area contributed by atoms with Gasteiger partial charge in [0.25, 0.3) is 5.65 Å². The molecule has 0 bridgehead atoms. The minimum absolute atomic E-state index is 0.186. The van der Waals surface area contributed by atoms with Crippen LogP contribution in [0.2, 0.25) is 0 Å². The van der Waals surface area contributed by atoms with Crippen LogP contribution in [-0.4, -0.2) is 14.5 Å². The molecule has 0 saturated heterocycles. The molecule has 0 fully saturated rings. The third-order valence-corrected chi connectivity index (χ3v) is 2.76. The zero-order chi connectivity index (χ0) is 12.4. The molecule has 2 aromatic rings. The second-order valence-corrected chi connectivity index (χ2v) is 4.03. The molecule has 0 atom stereocenters. The Morgan fingerprint density at radius 2 is 2.24 bits per heavy atom. The molecular weight excluding hydrogens is 220 g/mol. The Hall–Kier alpha value is -1.85. The van der Waals surface area contributed by atoms with Gasteiger partial charge in [0.2, 0.25) is 0 Å². The van der Waals surface area contributed by atoms with Crippen molar-refractivity contribution in [1.29, 1.82) is 0 Å². The van der Waals surface area contributed by atoms with Crippen LogP contribution in [0, 0.1) is 5.21 Å². The first kappa shape index (κ1) is 11.6. The number of imidazole rings is 1. The Bertz CT molecular complexity index is 585. The van der Waals surface area contributed by atoms with Gasteiger partial charge in [-0.15, -0.1) is 0 Å². The van der Waals surface area contributed by atoms with Crippen molar-refractivity contribution < 1.29 is 4.73 Å². The van der Waals surface area contributed by atoms with E-state index in [4.69, 9.17) is 0 Å². The van der Waals surface area contributed by atoms with Gasteiger partial charge in [-0.2, -0.15) is 0 Å². The van der Waals surface area contributed by atoms with Gasteiger partial charge in [0.15, 0.2) is 11.8 Å². The van der Waals surface area contributed by atoms with Crippen LogP contribution in [0.15, 0.2) is 11.1 Å². The fraction of sp³-hybridized carbons (Fsp3) is 0.545. The van der Waals surface area contributed by atoms with Crippen molar-refractivity contribution in [1.82, 2.24) is 14.5 Å². The lowest BCUT2D eigenvalue weighted by molar-refractivity contribution is -0.601. The molecule has 92 valence electrons. The lowest BCUT2D eigenvalue weighted by atomic mass is 10.2. The minimum Gasteiger partial charge on any atom is -0.737 e. The number of rotatable bonds is 4. The van der Waals surface area contributed by atoms with Crippen LogP contribution >= 0.6 is 0 Å². The number of fused-ring (bicyclic) bond motifs is 1. The first-order chi connectivity index (χ1) is 8.20. The summed E-state index contributed by atoms with van der Waals surface area (Å²) in [5, 5.41) is 11.7. The molecule has 0 radical (unpaired) electrons. The maximum absolute atomic E-state index is 11.9. The molecule has 0 aromatic carbocycles. The lowest BCUT2D eigenvalue weighted by Gasteiger charge is -2.11. The zero-order valence-corrected chi connectivity index (χ0v) is 10.1. The van der Waals surface area contributed by atoms with Gasteiger partial charge in [0.1, 0.15) is 5.69 Å². The smallest absolute Gasteiger partial charge is 0.444 e. The van der Waals surface area contributed by atoms with E-state index in [1.54, 1.807) is 4.57 Å². The van der Waals surface area contributed by atoms with Crippen molar-refractivity contribution in [2.24, 2.45) is 0 Å². The van der Waals surface area contributed by atoms with Gasteiger partial charge in [0.05, 0.1) is 6.54 Å². The first-order valence-corrected chi connectivity index (χ1v) is 5.89. The molecule has 0 unspecified atom stereocenters. The van der Waals surface area contributed by atoms with Gasteiger partial charge < -0.3 is 10.2 Å². The summed E-state index contributed by atoms with van der Waals surface area (Å²) < 4.78 is 1.91. The second kappa shape index (κ2) is 4.57. The molecule has 0 saturated carbocycles. The molecule has 0 aliphatic carbocycles. The van der Waals surface area contributed by atoms with Crippen LogP contribution < -0.4 is 10.4 Å². The van der Waals surface area contributed by atoms with E-state index < -0.39 is 5.69 Å². The van der Waals surface area contributed by atoms with Crippen LogP contribution in [0.1, 0.15) is 32.4 Å². The summed E-state index contributed by atoms with van der Waals surface area (Å²) in [4.78, 5) is 18.8. The van der Waals surface area contributed by atoms with E-state index in [0.29, 0.717) is 16.8 Å². The predicted molar refractivity (Wildman–Crippen MR) is 63.6 cm³/mol. The largest absolute Gasteiger partial charge is 0.737 e. The summed E-state index contributed by atoms with van der Waals surface area (Å²) in [6.45, 7) is 4.58. The average Bonchev–Trinajstić information content (AvgIpc) is 2.79. The van der Waals surface area contributed by atoms with Crippen molar-refractivity contribution in [2.45, 2.75) is 39.7 Å². The highest BCUT2D eigenvalue weighted by Crippen LogP contribution is 2.12. The first-order valence-electron chi connectivity index (χ1n) is 5.89. The highest BCUT2D eigenvalue weighted by atomic mass is 16.5. The zero-order valence-electron chi connectivity index (χ0n) is 10.1. The summed E-state index contributed by atoms with van der Waals surface area (Å²) in [5.74, 6) is 0. The van der Waals surface area contributed by atoms with Crippen molar-refractivity contribution in [3.05, 3.63) is 27.7 Å². The van der Waals surface area contributed by atoms with Crippen LogP contribution in [0.25, 0.3) is 11.2 Å². The van der Waals surface area contributed by atoms with E-state index in [0.717, 1.165) is 25.0 Å². The molecule has 6 heteroatoms. The van der Waals surface area contributed by atoms with Crippen LogP contribution in [0.4, 0.5) is 0 Å². The number of aromatic amines is 1. The molecule has 0 aliphatic rings. The normalized spacial score (nSPS) is 11.2. The summed E-state index contributed by atoms with van der Waals surface area (Å²) in [6, 6.07) is 0. The maximum atomic E-state index is 11.9. The SMILES string of the molecule is CCCc1c2[nH]cnc2[n+]([O-])c(=O)n1CCC. The van der Waals surface area contributed by atoms with Crippen LogP contribution in [0.3, 0.4) is 0 Å². The molecule has 17 heavy (non-hydrogen) atoms. The fourth-order valence-corrected chi connectivity index (χ4v) is 2.06. The quantitative estimate of drug-likeness (QED) is 0.627. The molecule has 0 aliphatic heterocycles. The van der Waals surface area contributed by atoms with E-state index in [2.05, 4.69) is 9.97 Å². The predicted octanol–water partition coefficient (Wildman–Crippen LogP) is 0.720. The molecule has 1 N–H and O–H groups in total. The highest BCUT2D eigenvalue weighted by Gasteiger charge is 2.19. The second-order valence-electron chi connectivity index (χ2n) is 4.03. The summed E-state index contributed by atoms with van der Waals surface area (Å²) in [5.41, 5.74) is 1.20. The number of nitrogens with one attached hydrogen (secondary N) is 1.